The van der Waals surface area contributed by atoms with Crippen molar-refractivity contribution in [2.75, 3.05) is 0 Å². The first-order chi connectivity index (χ1) is 7.79. The van der Waals surface area contributed by atoms with Gasteiger partial charge < -0.3 is 4.42 Å². The molecule has 0 N–H and O–H groups in total. The highest BCUT2D eigenvalue weighted by Gasteiger charge is 1.99. The molecule has 0 saturated carbocycles. The summed E-state index contributed by atoms with van der Waals surface area (Å²) in [6.45, 7) is 0. The van der Waals surface area contributed by atoms with Gasteiger partial charge in [-0.3, -0.25) is 0 Å². The van der Waals surface area contributed by atoms with Gasteiger partial charge in [-0.15, -0.1) is 11.6 Å². The van der Waals surface area contributed by atoms with Crippen LogP contribution < -0.4 is 0 Å². The third-order valence-corrected chi connectivity index (χ3v) is 2.64. The van der Waals surface area contributed by atoms with E-state index in [1.165, 1.54) is 0 Å². The van der Waals surface area contributed by atoms with Gasteiger partial charge in [0.05, 0.1) is 11.6 Å². The second-order valence-electron chi connectivity index (χ2n) is 3.17. The van der Waals surface area contributed by atoms with Crippen molar-refractivity contribution >= 4 is 35.4 Å². The Morgan fingerprint density at radius 2 is 2.06 bits per heavy atom. The average molecular weight is 254 g/mol. The maximum atomic E-state index is 6.00. The van der Waals surface area contributed by atoms with Crippen molar-refractivity contribution in [3.05, 3.63) is 52.7 Å². The normalized spacial score (nSPS) is 11.1. The number of halogens is 2. The van der Waals surface area contributed by atoms with Gasteiger partial charge in [-0.2, -0.15) is 0 Å². The lowest BCUT2D eigenvalue weighted by atomic mass is 10.2. The van der Waals surface area contributed by atoms with Crippen molar-refractivity contribution in [1.29, 1.82) is 0 Å². The molecule has 0 saturated heterocycles. The zero-order valence-electron chi connectivity index (χ0n) is 8.36. The Morgan fingerprint density at radius 1 is 1.25 bits per heavy atom. The second kappa shape index (κ2) is 5.19. The number of alkyl halides is 1. The molecule has 4 heteroatoms. The molecule has 2 aromatic rings. The van der Waals surface area contributed by atoms with Crippen LogP contribution in [0.1, 0.15) is 17.1 Å². The van der Waals surface area contributed by atoms with Crippen molar-refractivity contribution in [2.45, 2.75) is 5.88 Å². The Kier molecular flexibility index (Phi) is 3.65. The van der Waals surface area contributed by atoms with E-state index in [0.29, 0.717) is 16.8 Å². The summed E-state index contributed by atoms with van der Waals surface area (Å²) in [7, 11) is 0. The fourth-order valence-electron chi connectivity index (χ4n) is 1.23. The van der Waals surface area contributed by atoms with E-state index in [4.69, 9.17) is 27.6 Å². The molecular formula is C12H9Cl2NO. The van der Waals surface area contributed by atoms with E-state index in [1.807, 2.05) is 30.3 Å². The van der Waals surface area contributed by atoms with Gasteiger partial charge in [0.15, 0.2) is 0 Å². The van der Waals surface area contributed by atoms with Crippen LogP contribution in [0, 0.1) is 0 Å². The van der Waals surface area contributed by atoms with Crippen LogP contribution in [0.25, 0.3) is 12.2 Å². The van der Waals surface area contributed by atoms with Gasteiger partial charge in [-0.1, -0.05) is 29.8 Å². The van der Waals surface area contributed by atoms with Crippen molar-refractivity contribution in [1.82, 2.24) is 4.98 Å². The first-order valence-corrected chi connectivity index (χ1v) is 5.64. The lowest BCUT2D eigenvalue weighted by molar-refractivity contribution is 0.546. The van der Waals surface area contributed by atoms with E-state index < -0.39 is 0 Å². The first-order valence-electron chi connectivity index (χ1n) is 4.72. The van der Waals surface area contributed by atoms with Gasteiger partial charge in [0, 0.05) is 11.1 Å². The molecule has 0 aliphatic heterocycles. The summed E-state index contributed by atoms with van der Waals surface area (Å²) in [5, 5.41) is 0.697. The zero-order chi connectivity index (χ0) is 11.4. The Balaban J connectivity index is 2.18. The first kappa shape index (κ1) is 11.2. The van der Waals surface area contributed by atoms with E-state index in [9.17, 15) is 0 Å². The Hall–Kier alpha value is -1.25. The Morgan fingerprint density at radius 3 is 2.75 bits per heavy atom. The minimum absolute atomic E-state index is 0.351. The number of benzene rings is 1. The average Bonchev–Trinajstić information content (AvgIpc) is 2.76. The van der Waals surface area contributed by atoms with Crippen molar-refractivity contribution in [2.24, 2.45) is 0 Å². The SMILES string of the molecule is ClCc1coc(C=Cc2ccccc2Cl)n1. The van der Waals surface area contributed by atoms with E-state index in [0.717, 1.165) is 11.3 Å². The maximum Gasteiger partial charge on any atom is 0.218 e. The number of hydrogen-bond acceptors (Lipinski definition) is 2. The van der Waals surface area contributed by atoms with Gasteiger partial charge in [0.1, 0.15) is 6.26 Å². The standard InChI is InChI=1S/C12H9Cl2NO/c13-7-10-8-16-12(15-10)6-5-9-3-1-2-4-11(9)14/h1-6,8H,7H2. The number of aromatic nitrogens is 1. The van der Waals surface area contributed by atoms with Crippen LogP contribution in [0.4, 0.5) is 0 Å². The fourth-order valence-corrected chi connectivity index (χ4v) is 1.55. The summed E-state index contributed by atoms with van der Waals surface area (Å²) in [6.07, 6.45) is 5.16. The van der Waals surface area contributed by atoms with Crippen LogP contribution in [0.2, 0.25) is 5.02 Å². The molecule has 0 spiro atoms. The molecular weight excluding hydrogens is 245 g/mol. The molecule has 0 aliphatic rings. The molecule has 0 bridgehead atoms. The van der Waals surface area contributed by atoms with Gasteiger partial charge in [-0.05, 0) is 17.7 Å². The Bertz CT molecular complexity index is 505. The highest BCUT2D eigenvalue weighted by atomic mass is 35.5. The van der Waals surface area contributed by atoms with Crippen molar-refractivity contribution in [3.63, 3.8) is 0 Å². The lowest BCUT2D eigenvalue weighted by Crippen LogP contribution is -1.77. The lowest BCUT2D eigenvalue weighted by Gasteiger charge is -1.94. The number of hydrogen-bond donors (Lipinski definition) is 0. The molecule has 1 aromatic carbocycles. The molecule has 0 radical (unpaired) electrons. The summed E-state index contributed by atoms with van der Waals surface area (Å²) >= 11 is 11.6. The fraction of sp³-hybridized carbons (Fsp3) is 0.0833. The van der Waals surface area contributed by atoms with Gasteiger partial charge >= 0.3 is 0 Å². The minimum atomic E-state index is 0.351. The monoisotopic (exact) mass is 253 g/mol. The Labute approximate surface area is 104 Å². The highest BCUT2D eigenvalue weighted by molar-refractivity contribution is 6.32. The van der Waals surface area contributed by atoms with Crippen molar-refractivity contribution < 1.29 is 4.42 Å². The van der Waals surface area contributed by atoms with Crippen LogP contribution in [-0.4, -0.2) is 4.98 Å². The summed E-state index contributed by atoms with van der Waals surface area (Å²) in [5.74, 6) is 0.874. The summed E-state index contributed by atoms with van der Waals surface area (Å²) in [5.41, 5.74) is 1.65. The maximum absolute atomic E-state index is 6.00. The van der Waals surface area contributed by atoms with Crippen LogP contribution in [0.15, 0.2) is 34.9 Å². The predicted octanol–water partition coefficient (Wildman–Crippen LogP) is 4.24. The van der Waals surface area contributed by atoms with Crippen LogP contribution >= 0.6 is 23.2 Å². The zero-order valence-corrected chi connectivity index (χ0v) is 9.87. The highest BCUT2D eigenvalue weighted by Crippen LogP contribution is 2.17. The van der Waals surface area contributed by atoms with E-state index in [-0.39, 0.29) is 0 Å². The number of nitrogens with zero attached hydrogens (tertiary/aromatic N) is 1. The molecule has 2 rings (SSSR count). The topological polar surface area (TPSA) is 26.0 Å². The van der Waals surface area contributed by atoms with Gasteiger partial charge in [0.2, 0.25) is 5.89 Å². The predicted molar refractivity (Wildman–Crippen MR) is 66.4 cm³/mol. The minimum Gasteiger partial charge on any atom is -0.445 e. The van der Waals surface area contributed by atoms with Crippen LogP contribution in [-0.2, 0) is 5.88 Å². The summed E-state index contributed by atoms with van der Waals surface area (Å²) < 4.78 is 5.19. The van der Waals surface area contributed by atoms with Crippen LogP contribution in [0.5, 0.6) is 0 Å². The molecule has 0 unspecified atom stereocenters. The molecule has 1 heterocycles. The van der Waals surface area contributed by atoms with Crippen molar-refractivity contribution in [3.8, 4) is 0 Å². The smallest absolute Gasteiger partial charge is 0.218 e. The van der Waals surface area contributed by atoms with E-state index >= 15 is 0 Å². The quantitative estimate of drug-likeness (QED) is 0.765. The van der Waals surface area contributed by atoms with Crippen LogP contribution in [0.3, 0.4) is 0 Å². The summed E-state index contributed by atoms with van der Waals surface area (Å²) in [4.78, 5) is 4.14. The molecule has 0 atom stereocenters. The third-order valence-electron chi connectivity index (χ3n) is 2.02. The number of oxazole rings is 1. The molecule has 0 aliphatic carbocycles. The van der Waals surface area contributed by atoms with Gasteiger partial charge in [0.25, 0.3) is 0 Å². The molecule has 82 valence electrons. The molecule has 0 amide bonds. The molecule has 0 fully saturated rings. The second-order valence-corrected chi connectivity index (χ2v) is 3.84. The largest absolute Gasteiger partial charge is 0.445 e. The summed E-state index contributed by atoms with van der Waals surface area (Å²) in [6, 6.07) is 7.56. The number of rotatable bonds is 3. The molecule has 2 nitrogen and oxygen atoms in total. The third kappa shape index (κ3) is 2.65. The molecule has 16 heavy (non-hydrogen) atoms. The molecule has 1 aromatic heterocycles. The van der Waals surface area contributed by atoms with E-state index in [2.05, 4.69) is 4.98 Å². The van der Waals surface area contributed by atoms with E-state index in [1.54, 1.807) is 12.3 Å². The van der Waals surface area contributed by atoms with Gasteiger partial charge in [-0.25, -0.2) is 4.98 Å².